The first-order chi connectivity index (χ1) is 16.0. The zero-order chi connectivity index (χ0) is 23.4. The van der Waals surface area contributed by atoms with Crippen molar-refractivity contribution in [2.45, 2.75) is 45.4 Å². The van der Waals surface area contributed by atoms with Gasteiger partial charge in [0.15, 0.2) is 0 Å². The highest BCUT2D eigenvalue weighted by molar-refractivity contribution is 8.00. The van der Waals surface area contributed by atoms with E-state index >= 15 is 0 Å². The van der Waals surface area contributed by atoms with Crippen LogP contribution in [0.25, 0.3) is 0 Å². The molecule has 0 aliphatic carbocycles. The molecule has 1 heterocycles. The summed E-state index contributed by atoms with van der Waals surface area (Å²) in [6.07, 6.45) is 3.33. The van der Waals surface area contributed by atoms with E-state index in [9.17, 15) is 9.59 Å². The van der Waals surface area contributed by atoms with E-state index in [2.05, 4.69) is 25.2 Å². The van der Waals surface area contributed by atoms with Crippen molar-refractivity contribution in [1.29, 1.82) is 0 Å². The summed E-state index contributed by atoms with van der Waals surface area (Å²) in [5.41, 5.74) is 6.70. The Bertz CT molecular complexity index is 1160. The van der Waals surface area contributed by atoms with E-state index in [1.165, 1.54) is 11.1 Å². The Morgan fingerprint density at radius 3 is 2.55 bits per heavy atom. The van der Waals surface area contributed by atoms with Crippen LogP contribution in [-0.4, -0.2) is 17.6 Å². The molecular formula is C28H30N2O2S. The van der Waals surface area contributed by atoms with E-state index in [1.807, 2.05) is 72.5 Å². The Kier molecular flexibility index (Phi) is 7.19. The summed E-state index contributed by atoms with van der Waals surface area (Å²) in [5, 5.41) is 2.90. The average Bonchev–Trinajstić information content (AvgIpc) is 3.19. The highest BCUT2D eigenvalue weighted by atomic mass is 32.2. The molecular weight excluding hydrogens is 428 g/mol. The lowest BCUT2D eigenvalue weighted by Gasteiger charge is -2.27. The molecule has 1 fully saturated rings. The van der Waals surface area contributed by atoms with E-state index < -0.39 is 0 Å². The van der Waals surface area contributed by atoms with E-state index in [1.54, 1.807) is 11.8 Å². The summed E-state index contributed by atoms with van der Waals surface area (Å²) in [4.78, 5) is 27.8. The van der Waals surface area contributed by atoms with Crippen LogP contribution in [0, 0.1) is 13.8 Å². The van der Waals surface area contributed by atoms with Crippen molar-refractivity contribution in [3.05, 3.63) is 94.5 Å². The zero-order valence-corrected chi connectivity index (χ0v) is 20.2. The van der Waals surface area contributed by atoms with Gasteiger partial charge in [0.25, 0.3) is 5.91 Å². The number of hydrogen-bond acceptors (Lipinski definition) is 3. The summed E-state index contributed by atoms with van der Waals surface area (Å²) in [6.45, 7) is 6.26. The second kappa shape index (κ2) is 10.3. The topological polar surface area (TPSA) is 49.4 Å². The van der Waals surface area contributed by atoms with Gasteiger partial charge in [0.2, 0.25) is 5.91 Å². The molecule has 0 bridgehead atoms. The highest BCUT2D eigenvalue weighted by Crippen LogP contribution is 2.45. The summed E-state index contributed by atoms with van der Waals surface area (Å²) in [6, 6.07) is 21.8. The van der Waals surface area contributed by atoms with Crippen LogP contribution in [0.1, 0.15) is 57.8 Å². The van der Waals surface area contributed by atoms with E-state index in [-0.39, 0.29) is 17.2 Å². The largest absolute Gasteiger partial charge is 0.322 e. The molecule has 2 amide bonds. The molecule has 3 aromatic rings. The van der Waals surface area contributed by atoms with Gasteiger partial charge in [-0.1, -0.05) is 61.4 Å². The maximum atomic E-state index is 13.0. The van der Waals surface area contributed by atoms with Crippen molar-refractivity contribution < 1.29 is 9.59 Å². The molecule has 170 valence electrons. The SMILES string of the molecule is CCCCc1ccc(C(=O)Nc2ccccc2[C@@H]2SCC(=O)N2c2ccc(C)cc2C)cc1. The van der Waals surface area contributed by atoms with Crippen LogP contribution in [0.5, 0.6) is 0 Å². The zero-order valence-electron chi connectivity index (χ0n) is 19.4. The number of amides is 2. The molecule has 3 aromatic carbocycles. The van der Waals surface area contributed by atoms with Gasteiger partial charge in [0.05, 0.1) is 5.75 Å². The minimum Gasteiger partial charge on any atom is -0.322 e. The van der Waals surface area contributed by atoms with Crippen molar-refractivity contribution in [1.82, 2.24) is 0 Å². The van der Waals surface area contributed by atoms with Gasteiger partial charge in [0, 0.05) is 22.5 Å². The lowest BCUT2D eigenvalue weighted by atomic mass is 10.1. The molecule has 1 saturated heterocycles. The number of nitrogens with zero attached hydrogens (tertiary/aromatic N) is 1. The number of benzene rings is 3. The van der Waals surface area contributed by atoms with Crippen LogP contribution in [0.15, 0.2) is 66.7 Å². The Balaban J connectivity index is 1.59. The number of nitrogens with one attached hydrogen (secondary N) is 1. The fourth-order valence-electron chi connectivity index (χ4n) is 4.21. The maximum absolute atomic E-state index is 13.0. The number of aryl methyl sites for hydroxylation is 3. The Morgan fingerprint density at radius 1 is 1.06 bits per heavy atom. The monoisotopic (exact) mass is 458 g/mol. The van der Waals surface area contributed by atoms with Crippen LogP contribution in [0.4, 0.5) is 11.4 Å². The molecule has 0 aromatic heterocycles. The van der Waals surface area contributed by atoms with Crippen molar-refractivity contribution in [3.8, 4) is 0 Å². The molecule has 4 rings (SSSR count). The Morgan fingerprint density at radius 2 is 1.82 bits per heavy atom. The molecule has 0 radical (unpaired) electrons. The quantitative estimate of drug-likeness (QED) is 0.430. The first-order valence-electron chi connectivity index (χ1n) is 11.5. The summed E-state index contributed by atoms with van der Waals surface area (Å²) in [5.74, 6) is 0.358. The van der Waals surface area contributed by atoms with Crippen molar-refractivity contribution in [2.24, 2.45) is 0 Å². The summed E-state index contributed by atoms with van der Waals surface area (Å²) in [7, 11) is 0. The van der Waals surface area contributed by atoms with Gasteiger partial charge in [-0.25, -0.2) is 0 Å². The summed E-state index contributed by atoms with van der Waals surface area (Å²) < 4.78 is 0. The second-order valence-corrected chi connectivity index (χ2v) is 9.63. The number of unbranched alkanes of at least 4 members (excludes halogenated alkanes) is 1. The molecule has 0 unspecified atom stereocenters. The number of thioether (sulfide) groups is 1. The third-order valence-corrected chi connectivity index (χ3v) is 7.18. The molecule has 0 saturated carbocycles. The molecule has 1 aliphatic heterocycles. The minimum absolute atomic E-state index is 0.0840. The molecule has 33 heavy (non-hydrogen) atoms. The fraction of sp³-hybridized carbons (Fsp3) is 0.286. The first kappa shape index (κ1) is 23.1. The van der Waals surface area contributed by atoms with Gasteiger partial charge in [0.1, 0.15) is 5.37 Å². The van der Waals surface area contributed by atoms with Crippen LogP contribution < -0.4 is 10.2 Å². The molecule has 1 atom stereocenters. The number of anilines is 2. The van der Waals surface area contributed by atoms with Crippen LogP contribution in [0.3, 0.4) is 0 Å². The molecule has 0 spiro atoms. The predicted octanol–water partition coefficient (Wildman–Crippen LogP) is 6.68. The Labute approximate surface area is 200 Å². The second-order valence-electron chi connectivity index (χ2n) is 8.56. The predicted molar refractivity (Wildman–Crippen MR) is 138 cm³/mol. The van der Waals surface area contributed by atoms with E-state index in [0.717, 1.165) is 41.8 Å². The smallest absolute Gasteiger partial charge is 0.255 e. The molecule has 1 aliphatic rings. The number of hydrogen-bond donors (Lipinski definition) is 1. The molecule has 4 nitrogen and oxygen atoms in total. The number of rotatable bonds is 7. The van der Waals surface area contributed by atoms with Crippen LogP contribution >= 0.6 is 11.8 Å². The third-order valence-electron chi connectivity index (χ3n) is 5.99. The average molecular weight is 459 g/mol. The van der Waals surface area contributed by atoms with Crippen LogP contribution in [-0.2, 0) is 11.2 Å². The first-order valence-corrected chi connectivity index (χ1v) is 12.5. The fourth-order valence-corrected chi connectivity index (χ4v) is 5.42. The Hall–Kier alpha value is -3.05. The van der Waals surface area contributed by atoms with Gasteiger partial charge in [-0.2, -0.15) is 0 Å². The van der Waals surface area contributed by atoms with Gasteiger partial charge < -0.3 is 5.32 Å². The minimum atomic E-state index is -0.188. The normalized spacial score (nSPS) is 15.7. The van der Waals surface area contributed by atoms with Crippen molar-refractivity contribution in [2.75, 3.05) is 16.0 Å². The highest BCUT2D eigenvalue weighted by Gasteiger charge is 2.36. The number of carbonyl (C=O) groups excluding carboxylic acids is 2. The standard InChI is InChI=1S/C28H30N2O2S/c1-4-5-8-21-12-14-22(15-13-21)27(32)29-24-10-7-6-9-23(24)28-30(26(31)18-33-28)25-16-11-19(2)17-20(25)3/h6-7,9-17,28H,4-5,8,18H2,1-3H3,(H,29,32)/t28-/m0/s1. The molecule has 5 heteroatoms. The van der Waals surface area contributed by atoms with Crippen LogP contribution in [0.2, 0.25) is 0 Å². The third kappa shape index (κ3) is 5.14. The number of para-hydroxylation sites is 1. The van der Waals surface area contributed by atoms with Gasteiger partial charge >= 0.3 is 0 Å². The van der Waals surface area contributed by atoms with Crippen molar-refractivity contribution in [3.63, 3.8) is 0 Å². The summed E-state index contributed by atoms with van der Waals surface area (Å²) >= 11 is 1.59. The maximum Gasteiger partial charge on any atom is 0.255 e. The molecule has 1 N–H and O–H groups in total. The van der Waals surface area contributed by atoms with E-state index in [4.69, 9.17) is 0 Å². The lowest BCUT2D eigenvalue weighted by Crippen LogP contribution is -2.29. The van der Waals surface area contributed by atoms with Gasteiger partial charge in [-0.05, 0) is 62.1 Å². The van der Waals surface area contributed by atoms with E-state index in [0.29, 0.717) is 11.3 Å². The lowest BCUT2D eigenvalue weighted by molar-refractivity contribution is -0.115. The van der Waals surface area contributed by atoms with Gasteiger partial charge in [-0.3, -0.25) is 14.5 Å². The van der Waals surface area contributed by atoms with Gasteiger partial charge in [-0.15, -0.1) is 11.8 Å². The number of carbonyl (C=O) groups is 2. The van der Waals surface area contributed by atoms with Crippen molar-refractivity contribution >= 4 is 35.0 Å².